The molecule has 0 bridgehead atoms. The van der Waals surface area contributed by atoms with E-state index in [-0.39, 0.29) is 23.7 Å². The quantitative estimate of drug-likeness (QED) is 0.805. The van der Waals surface area contributed by atoms with Crippen LogP contribution in [0.15, 0.2) is 12.1 Å². The third kappa shape index (κ3) is 2.35. The zero-order valence-corrected chi connectivity index (χ0v) is 9.10. The maximum absolute atomic E-state index is 9.64. The molecule has 5 nitrogen and oxygen atoms in total. The Balaban J connectivity index is 3.17. The molecule has 0 heterocycles. The van der Waals surface area contributed by atoms with Gasteiger partial charge in [-0.15, -0.1) is 0 Å². The van der Waals surface area contributed by atoms with Gasteiger partial charge >= 0.3 is 0 Å². The number of nitriles is 1. The van der Waals surface area contributed by atoms with E-state index < -0.39 is 6.10 Å². The fourth-order valence-corrected chi connectivity index (χ4v) is 1.31. The summed E-state index contributed by atoms with van der Waals surface area (Å²) in [6, 6.07) is 4.81. The molecule has 2 N–H and O–H groups in total. The highest BCUT2D eigenvalue weighted by molar-refractivity contribution is 5.53. The van der Waals surface area contributed by atoms with Gasteiger partial charge in [-0.1, -0.05) is 0 Å². The number of phenols is 1. The van der Waals surface area contributed by atoms with Gasteiger partial charge in [0.25, 0.3) is 0 Å². The number of rotatable bonds is 4. The highest BCUT2D eigenvalue weighted by Crippen LogP contribution is 2.39. The molecule has 0 saturated heterocycles. The number of benzene rings is 1. The second-order valence-corrected chi connectivity index (χ2v) is 3.15. The van der Waals surface area contributed by atoms with E-state index in [1.807, 2.05) is 6.07 Å². The van der Waals surface area contributed by atoms with Gasteiger partial charge in [0.1, 0.15) is 0 Å². The van der Waals surface area contributed by atoms with Crippen molar-refractivity contribution in [1.82, 2.24) is 0 Å². The van der Waals surface area contributed by atoms with E-state index in [1.54, 1.807) is 0 Å². The minimum absolute atomic E-state index is 0.0307. The zero-order valence-electron chi connectivity index (χ0n) is 9.10. The summed E-state index contributed by atoms with van der Waals surface area (Å²) in [5.74, 6) is 0.274. The number of aliphatic hydroxyl groups excluding tert-OH is 1. The second-order valence-electron chi connectivity index (χ2n) is 3.15. The number of hydrogen-bond acceptors (Lipinski definition) is 5. The molecule has 0 amide bonds. The van der Waals surface area contributed by atoms with Crippen LogP contribution in [0, 0.1) is 11.3 Å². The maximum atomic E-state index is 9.64. The summed E-state index contributed by atoms with van der Waals surface area (Å²) in [5, 5.41) is 27.7. The van der Waals surface area contributed by atoms with Gasteiger partial charge in [0, 0.05) is 0 Å². The molecule has 5 heteroatoms. The van der Waals surface area contributed by atoms with Crippen LogP contribution >= 0.6 is 0 Å². The molecule has 0 spiro atoms. The van der Waals surface area contributed by atoms with Crippen LogP contribution in [-0.2, 0) is 0 Å². The summed E-state index contributed by atoms with van der Waals surface area (Å²) in [6.45, 7) is 0. The summed E-state index contributed by atoms with van der Waals surface area (Å²) in [6.07, 6.45) is -0.953. The third-order valence-electron chi connectivity index (χ3n) is 2.17. The molecule has 16 heavy (non-hydrogen) atoms. The SMILES string of the molecule is COc1cc(C(O)CC#N)cc(OC)c1O. The lowest BCUT2D eigenvalue weighted by Gasteiger charge is -2.13. The third-order valence-corrected chi connectivity index (χ3v) is 2.17. The Labute approximate surface area is 93.5 Å². The van der Waals surface area contributed by atoms with Crippen LogP contribution in [0.25, 0.3) is 0 Å². The van der Waals surface area contributed by atoms with Crippen molar-refractivity contribution in [2.24, 2.45) is 0 Å². The Morgan fingerprint density at radius 1 is 1.31 bits per heavy atom. The molecule has 0 aromatic heterocycles. The Morgan fingerprint density at radius 3 is 2.19 bits per heavy atom. The standard InChI is InChI=1S/C11H13NO4/c1-15-9-5-7(8(13)3-4-12)6-10(16-2)11(9)14/h5-6,8,13-14H,3H2,1-2H3. The first-order chi connectivity index (χ1) is 7.63. The van der Waals surface area contributed by atoms with E-state index >= 15 is 0 Å². The Kier molecular flexibility index (Phi) is 3.97. The van der Waals surface area contributed by atoms with Crippen molar-refractivity contribution in [1.29, 1.82) is 5.26 Å². The molecule has 0 radical (unpaired) electrons. The first-order valence-corrected chi connectivity index (χ1v) is 4.64. The number of ether oxygens (including phenoxy) is 2. The lowest BCUT2D eigenvalue weighted by atomic mass is 10.1. The molecular weight excluding hydrogens is 210 g/mol. The fourth-order valence-electron chi connectivity index (χ4n) is 1.31. The van der Waals surface area contributed by atoms with Gasteiger partial charge in [-0.05, 0) is 17.7 Å². The van der Waals surface area contributed by atoms with Crippen LogP contribution in [-0.4, -0.2) is 24.4 Å². The van der Waals surface area contributed by atoms with Crippen molar-refractivity contribution in [2.45, 2.75) is 12.5 Å². The monoisotopic (exact) mass is 223 g/mol. The number of aromatic hydroxyl groups is 1. The molecule has 0 aliphatic carbocycles. The van der Waals surface area contributed by atoms with E-state index in [2.05, 4.69) is 0 Å². The van der Waals surface area contributed by atoms with E-state index in [9.17, 15) is 10.2 Å². The van der Waals surface area contributed by atoms with Gasteiger partial charge in [-0.3, -0.25) is 0 Å². The fraction of sp³-hybridized carbons (Fsp3) is 0.364. The van der Waals surface area contributed by atoms with Crippen LogP contribution in [0.5, 0.6) is 17.2 Å². The Bertz CT molecular complexity index is 386. The van der Waals surface area contributed by atoms with Crippen molar-refractivity contribution in [3.8, 4) is 23.3 Å². The summed E-state index contributed by atoms with van der Waals surface area (Å²) >= 11 is 0. The highest BCUT2D eigenvalue weighted by atomic mass is 16.5. The Hall–Kier alpha value is -1.93. The van der Waals surface area contributed by atoms with Crippen molar-refractivity contribution >= 4 is 0 Å². The molecule has 1 unspecified atom stereocenters. The number of methoxy groups -OCH3 is 2. The molecular formula is C11H13NO4. The average Bonchev–Trinajstić information content (AvgIpc) is 2.29. The average molecular weight is 223 g/mol. The molecule has 1 aromatic carbocycles. The summed E-state index contributed by atoms with van der Waals surface area (Å²) in [5.41, 5.74) is 0.466. The van der Waals surface area contributed by atoms with Crippen molar-refractivity contribution in [3.63, 3.8) is 0 Å². The van der Waals surface area contributed by atoms with Gasteiger partial charge < -0.3 is 19.7 Å². The predicted octanol–water partition coefficient (Wildman–Crippen LogP) is 1.36. The van der Waals surface area contributed by atoms with Gasteiger partial charge in [0.05, 0.1) is 32.8 Å². The van der Waals surface area contributed by atoms with Crippen LogP contribution in [0.4, 0.5) is 0 Å². The zero-order chi connectivity index (χ0) is 12.1. The molecule has 1 atom stereocenters. The second kappa shape index (κ2) is 5.24. The van der Waals surface area contributed by atoms with Crippen LogP contribution in [0.2, 0.25) is 0 Å². The van der Waals surface area contributed by atoms with Crippen molar-refractivity contribution in [3.05, 3.63) is 17.7 Å². The first kappa shape index (κ1) is 12.1. The number of phenolic OH excluding ortho intramolecular Hbond substituents is 1. The summed E-state index contributed by atoms with van der Waals surface area (Å²) in [4.78, 5) is 0. The van der Waals surface area contributed by atoms with Crippen LogP contribution in [0.3, 0.4) is 0 Å². The van der Waals surface area contributed by atoms with Gasteiger partial charge in [-0.2, -0.15) is 5.26 Å². The molecule has 1 aromatic rings. The predicted molar refractivity (Wildman–Crippen MR) is 56.4 cm³/mol. The summed E-state index contributed by atoms with van der Waals surface area (Å²) < 4.78 is 9.86. The van der Waals surface area contributed by atoms with E-state index in [1.165, 1.54) is 26.4 Å². The molecule has 1 rings (SSSR count). The molecule has 0 fully saturated rings. The van der Waals surface area contributed by atoms with E-state index in [4.69, 9.17) is 14.7 Å². The molecule has 86 valence electrons. The van der Waals surface area contributed by atoms with Crippen molar-refractivity contribution in [2.75, 3.05) is 14.2 Å². The van der Waals surface area contributed by atoms with Crippen LogP contribution < -0.4 is 9.47 Å². The highest BCUT2D eigenvalue weighted by Gasteiger charge is 2.15. The molecule has 0 aliphatic rings. The maximum Gasteiger partial charge on any atom is 0.200 e. The van der Waals surface area contributed by atoms with Gasteiger partial charge in [0.2, 0.25) is 5.75 Å². The number of nitrogens with zero attached hydrogens (tertiary/aromatic N) is 1. The van der Waals surface area contributed by atoms with E-state index in [0.717, 1.165) is 0 Å². The van der Waals surface area contributed by atoms with Gasteiger partial charge in [-0.25, -0.2) is 0 Å². The minimum atomic E-state index is -0.923. The topological polar surface area (TPSA) is 82.7 Å². The summed E-state index contributed by atoms with van der Waals surface area (Å²) in [7, 11) is 2.80. The largest absolute Gasteiger partial charge is 0.502 e. The van der Waals surface area contributed by atoms with Crippen LogP contribution in [0.1, 0.15) is 18.1 Å². The lowest BCUT2D eigenvalue weighted by Crippen LogP contribution is -1.98. The van der Waals surface area contributed by atoms with Gasteiger partial charge in [0.15, 0.2) is 11.5 Å². The first-order valence-electron chi connectivity index (χ1n) is 4.64. The normalized spacial score (nSPS) is 11.6. The van der Waals surface area contributed by atoms with Crippen molar-refractivity contribution < 1.29 is 19.7 Å². The number of aliphatic hydroxyl groups is 1. The minimum Gasteiger partial charge on any atom is -0.502 e. The lowest BCUT2D eigenvalue weighted by molar-refractivity contribution is 0.182. The molecule has 0 saturated carbocycles. The molecule has 0 aliphatic heterocycles. The smallest absolute Gasteiger partial charge is 0.200 e. The van der Waals surface area contributed by atoms with E-state index in [0.29, 0.717) is 5.56 Å². The Morgan fingerprint density at radius 2 is 1.81 bits per heavy atom. The number of hydrogen-bond donors (Lipinski definition) is 2.